The van der Waals surface area contributed by atoms with E-state index in [1.807, 2.05) is 6.26 Å². The van der Waals surface area contributed by atoms with Crippen LogP contribution < -0.4 is 4.72 Å². The zero-order valence-electron chi connectivity index (χ0n) is 13.2. The summed E-state index contributed by atoms with van der Waals surface area (Å²) in [6, 6.07) is -0.690. The average Bonchev–Trinajstić information content (AvgIpc) is 2.46. The van der Waals surface area contributed by atoms with Gasteiger partial charge in [0.15, 0.2) is 0 Å². The maximum atomic E-state index is 12.3. The highest BCUT2D eigenvalue weighted by atomic mass is 32.2. The van der Waals surface area contributed by atoms with Gasteiger partial charge in [-0.3, -0.25) is 4.79 Å². The molecule has 0 aromatic rings. The van der Waals surface area contributed by atoms with E-state index >= 15 is 0 Å². The Hall–Kier alpha value is -0.310. The molecule has 0 aromatic carbocycles. The molecule has 0 fully saturated rings. The van der Waals surface area contributed by atoms with E-state index in [2.05, 4.69) is 4.72 Å². The average molecular weight is 341 g/mol. The van der Waals surface area contributed by atoms with Crippen molar-refractivity contribution in [2.45, 2.75) is 38.6 Å². The molecule has 126 valence electrons. The molecule has 0 saturated carbocycles. The molecule has 0 aliphatic carbocycles. The predicted molar refractivity (Wildman–Crippen MR) is 88.0 cm³/mol. The van der Waals surface area contributed by atoms with Crippen LogP contribution in [0.3, 0.4) is 0 Å². The molecule has 0 heterocycles. The Morgan fingerprint density at radius 1 is 1.33 bits per heavy atom. The van der Waals surface area contributed by atoms with Crippen LogP contribution >= 0.6 is 11.8 Å². The highest BCUT2D eigenvalue weighted by molar-refractivity contribution is 7.98. The van der Waals surface area contributed by atoms with Crippen molar-refractivity contribution in [3.63, 3.8) is 0 Å². The van der Waals surface area contributed by atoms with Crippen LogP contribution in [-0.4, -0.2) is 68.3 Å². The van der Waals surface area contributed by atoms with E-state index in [4.69, 9.17) is 5.11 Å². The summed E-state index contributed by atoms with van der Waals surface area (Å²) in [7, 11) is -1.71. The molecule has 0 aliphatic rings. The first-order valence-electron chi connectivity index (χ1n) is 7.22. The van der Waals surface area contributed by atoms with Gasteiger partial charge in [0.05, 0.1) is 5.75 Å². The number of nitrogens with one attached hydrogen (secondary N) is 1. The highest BCUT2D eigenvalue weighted by Crippen LogP contribution is 2.07. The number of aliphatic hydroxyl groups is 1. The number of rotatable bonds is 12. The van der Waals surface area contributed by atoms with E-state index in [1.54, 1.807) is 30.6 Å². The molecular weight excluding hydrogens is 312 g/mol. The van der Waals surface area contributed by atoms with Gasteiger partial charge in [-0.1, -0.05) is 0 Å². The van der Waals surface area contributed by atoms with Crippen molar-refractivity contribution >= 4 is 27.7 Å². The molecule has 0 bridgehead atoms. The number of thioether (sulfide) groups is 1. The highest BCUT2D eigenvalue weighted by Gasteiger charge is 2.25. The van der Waals surface area contributed by atoms with Crippen LogP contribution in [0.4, 0.5) is 0 Å². The zero-order chi connectivity index (χ0) is 16.3. The number of hydrogen-bond acceptors (Lipinski definition) is 5. The van der Waals surface area contributed by atoms with Crippen LogP contribution in [0.1, 0.15) is 32.6 Å². The monoisotopic (exact) mass is 340 g/mol. The lowest BCUT2D eigenvalue weighted by Crippen LogP contribution is -2.48. The quantitative estimate of drug-likeness (QED) is 0.510. The molecule has 0 aromatic heterocycles. The smallest absolute Gasteiger partial charge is 0.240 e. The van der Waals surface area contributed by atoms with Gasteiger partial charge < -0.3 is 10.0 Å². The number of carbonyl (C=O) groups excluding carboxylic acids is 1. The Labute approximate surface area is 132 Å². The molecule has 0 aliphatic heterocycles. The Bertz CT molecular complexity index is 388. The minimum atomic E-state index is -3.40. The van der Waals surface area contributed by atoms with Gasteiger partial charge in [0.2, 0.25) is 15.9 Å². The Balaban J connectivity index is 4.55. The summed E-state index contributed by atoms with van der Waals surface area (Å²) in [5.74, 6) is 0.502. The minimum Gasteiger partial charge on any atom is -0.396 e. The van der Waals surface area contributed by atoms with Gasteiger partial charge in [-0.05, 0) is 44.6 Å². The molecule has 8 heteroatoms. The van der Waals surface area contributed by atoms with Crippen molar-refractivity contribution in [2.24, 2.45) is 0 Å². The van der Waals surface area contributed by atoms with E-state index in [1.165, 1.54) is 0 Å². The van der Waals surface area contributed by atoms with E-state index in [-0.39, 0.29) is 18.3 Å². The SMILES string of the molecule is CCS(=O)(=O)NC(CCSC)C(=O)N(C)CCCCCO. The maximum Gasteiger partial charge on any atom is 0.240 e. The lowest BCUT2D eigenvalue weighted by atomic mass is 10.2. The normalized spacial score (nSPS) is 13.1. The molecule has 1 atom stereocenters. The molecule has 1 unspecified atom stereocenters. The fourth-order valence-electron chi connectivity index (χ4n) is 1.78. The number of hydrogen-bond donors (Lipinski definition) is 2. The lowest BCUT2D eigenvalue weighted by molar-refractivity contribution is -0.131. The number of amides is 1. The summed E-state index contributed by atoms with van der Waals surface area (Å²) in [5, 5.41) is 8.72. The van der Waals surface area contributed by atoms with Crippen molar-refractivity contribution in [1.82, 2.24) is 9.62 Å². The summed E-state index contributed by atoms with van der Waals surface area (Å²) in [6.45, 7) is 2.28. The van der Waals surface area contributed by atoms with Gasteiger partial charge in [-0.2, -0.15) is 11.8 Å². The first-order valence-corrected chi connectivity index (χ1v) is 10.3. The van der Waals surface area contributed by atoms with Crippen LogP contribution in [-0.2, 0) is 14.8 Å². The Kier molecular flexibility index (Phi) is 11.1. The molecule has 6 nitrogen and oxygen atoms in total. The second-order valence-corrected chi connectivity index (χ2v) is 7.93. The number of unbranched alkanes of at least 4 members (excludes halogenated alkanes) is 2. The topological polar surface area (TPSA) is 86.7 Å². The van der Waals surface area contributed by atoms with Crippen molar-refractivity contribution in [3.05, 3.63) is 0 Å². The summed E-state index contributed by atoms with van der Waals surface area (Å²) >= 11 is 1.58. The number of likely N-dealkylation sites (N-methyl/N-ethyl adjacent to an activating group) is 1. The third kappa shape index (κ3) is 9.34. The van der Waals surface area contributed by atoms with Crippen LogP contribution in [0.5, 0.6) is 0 Å². The zero-order valence-corrected chi connectivity index (χ0v) is 14.8. The summed E-state index contributed by atoms with van der Waals surface area (Å²) in [5.41, 5.74) is 0. The molecule has 0 saturated heterocycles. The van der Waals surface area contributed by atoms with Gasteiger partial charge in [-0.25, -0.2) is 13.1 Å². The van der Waals surface area contributed by atoms with Crippen molar-refractivity contribution in [2.75, 3.05) is 38.0 Å². The van der Waals surface area contributed by atoms with Gasteiger partial charge in [0, 0.05) is 20.2 Å². The van der Waals surface area contributed by atoms with Crippen molar-refractivity contribution in [3.8, 4) is 0 Å². The molecule has 2 N–H and O–H groups in total. The number of sulfonamides is 1. The van der Waals surface area contributed by atoms with E-state index in [9.17, 15) is 13.2 Å². The van der Waals surface area contributed by atoms with Gasteiger partial charge in [-0.15, -0.1) is 0 Å². The van der Waals surface area contributed by atoms with E-state index < -0.39 is 16.1 Å². The summed E-state index contributed by atoms with van der Waals surface area (Å²) in [4.78, 5) is 13.9. The molecule has 0 radical (unpaired) electrons. The lowest BCUT2D eigenvalue weighted by Gasteiger charge is -2.24. The van der Waals surface area contributed by atoms with Gasteiger partial charge in [0.1, 0.15) is 6.04 Å². The van der Waals surface area contributed by atoms with E-state index in [0.29, 0.717) is 13.0 Å². The summed E-state index contributed by atoms with van der Waals surface area (Å²) < 4.78 is 25.9. The molecule has 1 amide bonds. The van der Waals surface area contributed by atoms with Crippen molar-refractivity contribution in [1.29, 1.82) is 0 Å². The fraction of sp³-hybridized carbons (Fsp3) is 0.923. The number of aliphatic hydroxyl groups excluding tert-OH is 1. The minimum absolute atomic E-state index is 0.0315. The second-order valence-electron chi connectivity index (χ2n) is 4.90. The van der Waals surface area contributed by atoms with Gasteiger partial charge >= 0.3 is 0 Å². The maximum absolute atomic E-state index is 12.3. The standard InChI is InChI=1S/C13H28N2O4S2/c1-4-21(18,19)14-12(8-11-20-3)13(17)15(2)9-6-5-7-10-16/h12,14,16H,4-11H2,1-3H3. The van der Waals surface area contributed by atoms with Crippen LogP contribution in [0.2, 0.25) is 0 Å². The molecule has 21 heavy (non-hydrogen) atoms. The molecule has 0 rings (SSSR count). The number of carbonyl (C=O) groups is 1. The predicted octanol–water partition coefficient (Wildman–Crippen LogP) is 0.668. The van der Waals surface area contributed by atoms with Crippen molar-refractivity contribution < 1.29 is 18.3 Å². The van der Waals surface area contributed by atoms with Gasteiger partial charge in [0.25, 0.3) is 0 Å². The van der Waals surface area contributed by atoms with Crippen LogP contribution in [0.15, 0.2) is 0 Å². The number of nitrogens with zero attached hydrogens (tertiary/aromatic N) is 1. The van der Waals surface area contributed by atoms with Crippen LogP contribution in [0.25, 0.3) is 0 Å². The Morgan fingerprint density at radius 3 is 2.52 bits per heavy atom. The molecular formula is C13H28N2O4S2. The summed E-state index contributed by atoms with van der Waals surface area (Å²) in [6.07, 6.45) is 4.79. The van der Waals surface area contributed by atoms with E-state index in [0.717, 1.165) is 25.0 Å². The first-order chi connectivity index (χ1) is 9.87. The fourth-order valence-corrected chi connectivity index (χ4v) is 3.07. The second kappa shape index (κ2) is 11.3. The Morgan fingerprint density at radius 2 is 2.00 bits per heavy atom. The molecule has 0 spiro atoms. The third-order valence-electron chi connectivity index (χ3n) is 3.14. The first kappa shape index (κ1) is 20.7. The third-order valence-corrected chi connectivity index (χ3v) is 5.19. The largest absolute Gasteiger partial charge is 0.396 e. The van der Waals surface area contributed by atoms with Crippen LogP contribution in [0, 0.1) is 0 Å².